The topological polar surface area (TPSA) is 103 Å². The van der Waals surface area contributed by atoms with Gasteiger partial charge in [0.05, 0.1) is 12.3 Å². The number of nitrogens with one attached hydrogen (secondary N) is 2. The van der Waals surface area contributed by atoms with Gasteiger partial charge in [0.25, 0.3) is 0 Å². The minimum Gasteiger partial charge on any atom is -0.361 e. The average molecular weight is 489 g/mol. The number of aryl methyl sites for hydroxylation is 1. The molecule has 1 aromatic heterocycles. The fourth-order valence-corrected chi connectivity index (χ4v) is 6.72. The number of rotatable bonds is 7. The summed E-state index contributed by atoms with van der Waals surface area (Å²) in [6.45, 7) is 8.55. The van der Waals surface area contributed by atoms with Gasteiger partial charge in [0, 0.05) is 48.1 Å². The van der Waals surface area contributed by atoms with E-state index in [9.17, 15) is 18.0 Å². The molecule has 2 aromatic rings. The highest BCUT2D eigenvalue weighted by Crippen LogP contribution is 2.44. The fraction of sp³-hybridized carbons (Fsp3) is 0.600. The van der Waals surface area contributed by atoms with Crippen LogP contribution in [0.25, 0.3) is 10.9 Å². The van der Waals surface area contributed by atoms with E-state index in [1.54, 1.807) is 4.31 Å². The molecule has 186 valence electrons. The van der Waals surface area contributed by atoms with Crippen molar-refractivity contribution >= 4 is 32.7 Å². The van der Waals surface area contributed by atoms with E-state index in [0.29, 0.717) is 32.4 Å². The Kier molecular flexibility index (Phi) is 6.79. The van der Waals surface area contributed by atoms with Crippen LogP contribution in [-0.4, -0.2) is 71.9 Å². The molecule has 9 heteroatoms. The number of carbonyl (C=O) groups excluding carboxylic acids is 2. The number of amides is 2. The molecule has 0 saturated carbocycles. The number of hydrogen-bond acceptors (Lipinski definition) is 4. The summed E-state index contributed by atoms with van der Waals surface area (Å²) in [5, 5.41) is 3.99. The molecule has 2 fully saturated rings. The summed E-state index contributed by atoms with van der Waals surface area (Å²) >= 11 is 0. The lowest BCUT2D eigenvalue weighted by Crippen LogP contribution is -2.52. The largest absolute Gasteiger partial charge is 0.361 e. The van der Waals surface area contributed by atoms with Crippen molar-refractivity contribution in [2.75, 3.05) is 19.3 Å². The van der Waals surface area contributed by atoms with Gasteiger partial charge in [-0.2, -0.15) is 4.31 Å². The summed E-state index contributed by atoms with van der Waals surface area (Å²) in [6, 6.07) is 5.05. The molecular formula is C25H36N4O4S. The molecule has 0 aliphatic carbocycles. The van der Waals surface area contributed by atoms with Crippen LogP contribution in [0.4, 0.5) is 0 Å². The average Bonchev–Trinajstić information content (AvgIpc) is 3.49. The highest BCUT2D eigenvalue weighted by molar-refractivity contribution is 7.88. The maximum atomic E-state index is 13.7. The van der Waals surface area contributed by atoms with Gasteiger partial charge in [0.2, 0.25) is 21.8 Å². The second-order valence-electron chi connectivity index (χ2n) is 9.89. The molecule has 0 radical (unpaired) electrons. The molecule has 0 unspecified atom stereocenters. The fourth-order valence-electron chi connectivity index (χ4n) is 5.56. The summed E-state index contributed by atoms with van der Waals surface area (Å²) < 4.78 is 26.9. The lowest BCUT2D eigenvalue weighted by atomic mass is 9.90. The molecule has 3 heterocycles. The molecule has 2 aliphatic heterocycles. The summed E-state index contributed by atoms with van der Waals surface area (Å²) in [6.07, 6.45) is 4.99. The van der Waals surface area contributed by atoms with Gasteiger partial charge in [-0.05, 0) is 43.4 Å². The molecule has 2 aliphatic rings. The predicted octanol–water partition coefficient (Wildman–Crippen LogP) is 2.75. The molecule has 5 atom stereocenters. The van der Waals surface area contributed by atoms with Gasteiger partial charge < -0.3 is 15.2 Å². The number of carbonyl (C=O) groups is 2. The smallest absolute Gasteiger partial charge is 0.245 e. The van der Waals surface area contributed by atoms with Crippen molar-refractivity contribution < 1.29 is 18.0 Å². The lowest BCUT2D eigenvalue weighted by molar-refractivity contribution is -0.138. The molecule has 0 spiro atoms. The van der Waals surface area contributed by atoms with Crippen LogP contribution in [0.5, 0.6) is 0 Å². The number of aromatic nitrogens is 1. The normalized spacial score (nSPS) is 24.9. The number of aromatic amines is 1. The molecule has 0 bridgehead atoms. The second kappa shape index (κ2) is 9.34. The van der Waals surface area contributed by atoms with Gasteiger partial charge in [-0.3, -0.25) is 9.59 Å². The van der Waals surface area contributed by atoms with E-state index < -0.39 is 16.1 Å². The number of fused-ring (bicyclic) bond motifs is 2. The minimum absolute atomic E-state index is 0.119. The standard InChI is InChI=1S/C25H36N4O4S/c1-6-16(4)24(30)27-20(7-2)25(31)28-11-10-22-23(28)19(14-29(22)34(5,32)33)18-13-26-21-12-15(3)8-9-17(18)21/h8-9,12-13,16,19-20,22-23,26H,6-7,10-11,14H2,1-5H3,(H,27,30)/t16-,19-,20+,22-,23-/m1/s1. The van der Waals surface area contributed by atoms with E-state index in [-0.39, 0.29) is 35.7 Å². The van der Waals surface area contributed by atoms with E-state index in [4.69, 9.17) is 0 Å². The van der Waals surface area contributed by atoms with Gasteiger partial charge in [0.1, 0.15) is 6.04 Å². The van der Waals surface area contributed by atoms with Crippen LogP contribution in [0.1, 0.15) is 57.1 Å². The van der Waals surface area contributed by atoms with Crippen LogP contribution in [0.3, 0.4) is 0 Å². The lowest BCUT2D eigenvalue weighted by Gasteiger charge is -2.32. The minimum atomic E-state index is -3.43. The zero-order valence-corrected chi connectivity index (χ0v) is 21.5. The predicted molar refractivity (Wildman–Crippen MR) is 133 cm³/mol. The molecular weight excluding hydrogens is 452 g/mol. The van der Waals surface area contributed by atoms with Gasteiger partial charge in [-0.1, -0.05) is 32.9 Å². The Morgan fingerprint density at radius 1 is 1.24 bits per heavy atom. The third-order valence-electron chi connectivity index (χ3n) is 7.64. The number of hydrogen-bond donors (Lipinski definition) is 2. The zero-order chi connectivity index (χ0) is 24.8. The molecule has 4 rings (SSSR count). The number of nitrogens with zero attached hydrogens (tertiary/aromatic N) is 2. The Hall–Kier alpha value is -2.39. The molecule has 8 nitrogen and oxygen atoms in total. The number of likely N-dealkylation sites (tertiary alicyclic amines) is 1. The quantitative estimate of drug-likeness (QED) is 0.626. The SMILES string of the molecule is CC[C@@H](C)C(=O)N[C@@H](CC)C(=O)N1CC[C@@H]2[C@H]1[C@@H](c1c[nH]c3cc(C)ccc13)CN2S(C)(=O)=O. The van der Waals surface area contributed by atoms with E-state index in [2.05, 4.69) is 28.5 Å². The van der Waals surface area contributed by atoms with E-state index in [0.717, 1.165) is 22.0 Å². The van der Waals surface area contributed by atoms with Crippen molar-refractivity contribution in [2.45, 2.75) is 71.0 Å². The summed E-state index contributed by atoms with van der Waals surface area (Å²) in [5.41, 5.74) is 3.18. The first-order chi connectivity index (χ1) is 16.1. The van der Waals surface area contributed by atoms with Gasteiger partial charge >= 0.3 is 0 Å². The van der Waals surface area contributed by atoms with Crippen molar-refractivity contribution in [3.8, 4) is 0 Å². The van der Waals surface area contributed by atoms with Crippen LogP contribution in [0.2, 0.25) is 0 Å². The van der Waals surface area contributed by atoms with E-state index in [1.165, 1.54) is 6.26 Å². The van der Waals surface area contributed by atoms with Crippen molar-refractivity contribution in [3.05, 3.63) is 35.5 Å². The summed E-state index contributed by atoms with van der Waals surface area (Å²) in [4.78, 5) is 31.4. The zero-order valence-electron chi connectivity index (χ0n) is 20.7. The van der Waals surface area contributed by atoms with E-state index in [1.807, 2.05) is 38.8 Å². The monoisotopic (exact) mass is 488 g/mol. The number of H-pyrrole nitrogens is 1. The van der Waals surface area contributed by atoms with Crippen LogP contribution in [0, 0.1) is 12.8 Å². The molecule has 2 saturated heterocycles. The first kappa shape index (κ1) is 24.7. The molecule has 2 N–H and O–H groups in total. The van der Waals surface area contributed by atoms with Gasteiger partial charge in [0.15, 0.2) is 0 Å². The van der Waals surface area contributed by atoms with Crippen molar-refractivity contribution in [1.29, 1.82) is 0 Å². The number of sulfonamides is 1. The third-order valence-corrected chi connectivity index (χ3v) is 8.91. The Bertz CT molecular complexity index is 1190. The Morgan fingerprint density at radius 2 is 1.97 bits per heavy atom. The highest BCUT2D eigenvalue weighted by atomic mass is 32.2. The van der Waals surface area contributed by atoms with Crippen LogP contribution in [0.15, 0.2) is 24.4 Å². The maximum absolute atomic E-state index is 13.7. The molecule has 2 amide bonds. The van der Waals surface area contributed by atoms with Gasteiger partial charge in [-0.15, -0.1) is 0 Å². The van der Waals surface area contributed by atoms with Crippen LogP contribution < -0.4 is 5.32 Å². The first-order valence-corrected chi connectivity index (χ1v) is 14.1. The van der Waals surface area contributed by atoms with Crippen molar-refractivity contribution in [1.82, 2.24) is 19.5 Å². The summed E-state index contributed by atoms with van der Waals surface area (Å²) in [7, 11) is -3.43. The highest BCUT2D eigenvalue weighted by Gasteiger charge is 2.54. The Balaban J connectivity index is 1.69. The van der Waals surface area contributed by atoms with Crippen molar-refractivity contribution in [2.24, 2.45) is 5.92 Å². The third kappa shape index (κ3) is 4.35. The van der Waals surface area contributed by atoms with Crippen LogP contribution >= 0.6 is 0 Å². The van der Waals surface area contributed by atoms with Crippen LogP contribution in [-0.2, 0) is 19.6 Å². The molecule has 1 aromatic carbocycles. The second-order valence-corrected chi connectivity index (χ2v) is 11.8. The Morgan fingerprint density at radius 3 is 2.62 bits per heavy atom. The van der Waals surface area contributed by atoms with E-state index >= 15 is 0 Å². The first-order valence-electron chi connectivity index (χ1n) is 12.2. The maximum Gasteiger partial charge on any atom is 0.245 e. The van der Waals surface area contributed by atoms with Crippen molar-refractivity contribution in [3.63, 3.8) is 0 Å². The van der Waals surface area contributed by atoms with Gasteiger partial charge in [-0.25, -0.2) is 8.42 Å². The number of benzene rings is 1. The summed E-state index contributed by atoms with van der Waals surface area (Å²) in [5.74, 6) is -0.554. The molecule has 34 heavy (non-hydrogen) atoms. The Labute approximate surface area is 202 Å².